The van der Waals surface area contributed by atoms with Gasteiger partial charge in [0.2, 0.25) is 11.8 Å². The largest absolute Gasteiger partial charge is 0.444 e. The number of aromatic nitrogens is 3. The topological polar surface area (TPSA) is 82.2 Å². The zero-order valence-electron chi connectivity index (χ0n) is 17.2. The van der Waals surface area contributed by atoms with E-state index in [-0.39, 0.29) is 24.0 Å². The van der Waals surface area contributed by atoms with Crippen LogP contribution < -0.4 is 5.32 Å². The lowest BCUT2D eigenvalue weighted by Crippen LogP contribution is -2.25. The van der Waals surface area contributed by atoms with Crippen LogP contribution in [0.2, 0.25) is 0 Å². The van der Waals surface area contributed by atoms with Crippen molar-refractivity contribution < 1.29 is 13.9 Å². The highest BCUT2D eigenvalue weighted by Gasteiger charge is 2.36. The van der Waals surface area contributed by atoms with E-state index in [0.29, 0.717) is 18.9 Å². The quantitative estimate of drug-likeness (QED) is 0.691. The van der Waals surface area contributed by atoms with Gasteiger partial charge in [-0.1, -0.05) is 6.07 Å². The maximum absolute atomic E-state index is 13.0. The van der Waals surface area contributed by atoms with E-state index in [0.717, 1.165) is 28.1 Å². The van der Waals surface area contributed by atoms with Crippen molar-refractivity contribution in [2.45, 2.75) is 46.3 Å². The summed E-state index contributed by atoms with van der Waals surface area (Å²) in [4.78, 5) is 17.4. The number of oxazole rings is 1. The maximum Gasteiger partial charge on any atom is 0.230 e. The van der Waals surface area contributed by atoms with Crippen molar-refractivity contribution in [1.29, 1.82) is 0 Å². The van der Waals surface area contributed by atoms with E-state index >= 15 is 0 Å². The maximum atomic E-state index is 13.0. The summed E-state index contributed by atoms with van der Waals surface area (Å²) >= 11 is 0. The van der Waals surface area contributed by atoms with Crippen LogP contribution in [0.25, 0.3) is 11.5 Å². The molecule has 4 rings (SSSR count). The Morgan fingerprint density at radius 2 is 2.14 bits per heavy atom. The first-order valence-corrected chi connectivity index (χ1v) is 9.92. The molecule has 152 valence electrons. The Hall–Kier alpha value is -2.93. The lowest BCUT2D eigenvalue weighted by Gasteiger charge is -2.17. The highest BCUT2D eigenvalue weighted by atomic mass is 16.5. The van der Waals surface area contributed by atoms with Crippen molar-refractivity contribution in [3.63, 3.8) is 0 Å². The highest BCUT2D eigenvalue weighted by Crippen LogP contribution is 2.36. The van der Waals surface area contributed by atoms with E-state index in [1.807, 2.05) is 42.9 Å². The minimum atomic E-state index is -0.276. The lowest BCUT2D eigenvalue weighted by atomic mass is 9.96. The van der Waals surface area contributed by atoms with E-state index in [2.05, 4.69) is 29.2 Å². The molecule has 7 heteroatoms. The van der Waals surface area contributed by atoms with Gasteiger partial charge in [-0.15, -0.1) is 0 Å². The molecule has 3 heterocycles. The molecule has 1 N–H and O–H groups in total. The van der Waals surface area contributed by atoms with Gasteiger partial charge in [0.25, 0.3) is 0 Å². The lowest BCUT2D eigenvalue weighted by molar-refractivity contribution is -0.121. The van der Waals surface area contributed by atoms with Crippen LogP contribution in [0.1, 0.15) is 49.2 Å². The first-order valence-electron chi connectivity index (χ1n) is 9.92. The number of amides is 1. The van der Waals surface area contributed by atoms with Crippen molar-refractivity contribution in [1.82, 2.24) is 14.8 Å². The fourth-order valence-corrected chi connectivity index (χ4v) is 3.61. The molecule has 0 spiro atoms. The van der Waals surface area contributed by atoms with Crippen LogP contribution in [0.15, 0.2) is 41.3 Å². The Balaban J connectivity index is 1.52. The second-order valence-electron chi connectivity index (χ2n) is 7.85. The average molecular weight is 394 g/mol. The third-order valence-corrected chi connectivity index (χ3v) is 5.26. The van der Waals surface area contributed by atoms with Crippen molar-refractivity contribution in [3.05, 3.63) is 53.7 Å². The van der Waals surface area contributed by atoms with Crippen LogP contribution in [0.5, 0.6) is 0 Å². The molecule has 1 amide bonds. The number of carbonyl (C=O) groups excluding carboxylic acids is 1. The third-order valence-electron chi connectivity index (χ3n) is 5.26. The molecule has 0 unspecified atom stereocenters. The molecule has 1 aliphatic heterocycles. The smallest absolute Gasteiger partial charge is 0.230 e. The molecule has 29 heavy (non-hydrogen) atoms. The summed E-state index contributed by atoms with van der Waals surface area (Å²) in [5.41, 5.74) is 4.38. The molecular weight excluding hydrogens is 368 g/mol. The Bertz CT molecular complexity index is 1020. The number of anilines is 1. The molecule has 1 aromatic carbocycles. The van der Waals surface area contributed by atoms with Gasteiger partial charge in [0, 0.05) is 35.7 Å². The van der Waals surface area contributed by atoms with Crippen molar-refractivity contribution in [3.8, 4) is 11.5 Å². The van der Waals surface area contributed by atoms with Gasteiger partial charge in [-0.2, -0.15) is 5.10 Å². The summed E-state index contributed by atoms with van der Waals surface area (Å²) in [7, 11) is 0. The van der Waals surface area contributed by atoms with Crippen LogP contribution in [0.3, 0.4) is 0 Å². The van der Waals surface area contributed by atoms with E-state index in [9.17, 15) is 4.79 Å². The number of nitrogens with one attached hydrogen (secondary N) is 1. The minimum Gasteiger partial charge on any atom is -0.444 e. The molecule has 0 saturated carbocycles. The van der Waals surface area contributed by atoms with E-state index in [4.69, 9.17) is 9.15 Å². The van der Waals surface area contributed by atoms with Crippen LogP contribution in [0.4, 0.5) is 5.69 Å². The van der Waals surface area contributed by atoms with Crippen molar-refractivity contribution >= 4 is 11.6 Å². The predicted molar refractivity (Wildman–Crippen MR) is 109 cm³/mol. The Labute approximate surface area is 170 Å². The average Bonchev–Trinajstić information content (AvgIpc) is 3.42. The molecule has 7 nitrogen and oxygen atoms in total. The Kier molecular flexibility index (Phi) is 5.24. The zero-order valence-corrected chi connectivity index (χ0v) is 17.2. The fourth-order valence-electron chi connectivity index (χ4n) is 3.61. The SMILES string of the molecule is Cc1coc(-c2cc(NC(=O)[C@@H]3CCO[C@H]3c3cnn(C(C)C)c3)ccc2C)n1. The summed E-state index contributed by atoms with van der Waals surface area (Å²) in [6.45, 7) is 8.58. The van der Waals surface area contributed by atoms with Crippen LogP contribution >= 0.6 is 0 Å². The molecule has 1 aliphatic rings. The fraction of sp³-hybridized carbons (Fsp3) is 0.409. The Morgan fingerprint density at radius 1 is 1.31 bits per heavy atom. The van der Waals surface area contributed by atoms with E-state index in [1.165, 1.54) is 0 Å². The predicted octanol–water partition coefficient (Wildman–Crippen LogP) is 4.45. The van der Waals surface area contributed by atoms with E-state index in [1.54, 1.807) is 12.5 Å². The van der Waals surface area contributed by atoms with Crippen molar-refractivity contribution in [2.75, 3.05) is 11.9 Å². The molecule has 0 radical (unpaired) electrons. The zero-order chi connectivity index (χ0) is 20.5. The summed E-state index contributed by atoms with van der Waals surface area (Å²) < 4.78 is 13.3. The van der Waals surface area contributed by atoms with E-state index < -0.39 is 0 Å². The second-order valence-corrected chi connectivity index (χ2v) is 7.85. The standard InChI is InChI=1S/C22H26N4O3/c1-13(2)26-11-16(10-23-26)20-18(7-8-28-20)21(27)25-17-6-5-14(3)19(9-17)22-24-15(4)12-29-22/h5-6,9-13,18,20H,7-8H2,1-4H3,(H,25,27)/t18-,20+/m1/s1. The van der Waals surface area contributed by atoms with Gasteiger partial charge in [0.1, 0.15) is 6.26 Å². The van der Waals surface area contributed by atoms with Gasteiger partial charge >= 0.3 is 0 Å². The van der Waals surface area contributed by atoms with Gasteiger partial charge in [0.05, 0.1) is 23.9 Å². The summed E-state index contributed by atoms with van der Waals surface area (Å²) in [6, 6.07) is 6.02. The second kappa shape index (κ2) is 7.83. The number of nitrogens with zero attached hydrogens (tertiary/aromatic N) is 3. The molecule has 1 saturated heterocycles. The van der Waals surface area contributed by atoms with Crippen molar-refractivity contribution in [2.24, 2.45) is 5.92 Å². The summed E-state index contributed by atoms with van der Waals surface area (Å²) in [5, 5.41) is 7.42. The molecule has 1 fully saturated rings. The molecule has 2 atom stereocenters. The highest BCUT2D eigenvalue weighted by molar-refractivity contribution is 5.93. The Morgan fingerprint density at radius 3 is 2.83 bits per heavy atom. The molecule has 3 aromatic rings. The molecule has 0 aliphatic carbocycles. The first-order chi connectivity index (χ1) is 13.9. The molecule has 2 aromatic heterocycles. The number of carbonyl (C=O) groups is 1. The number of rotatable bonds is 5. The first kappa shape index (κ1) is 19.4. The van der Waals surface area contributed by atoms with Crippen LogP contribution in [-0.2, 0) is 9.53 Å². The monoisotopic (exact) mass is 394 g/mol. The molecule has 0 bridgehead atoms. The number of hydrogen-bond acceptors (Lipinski definition) is 5. The molecular formula is C22H26N4O3. The number of benzene rings is 1. The van der Waals surface area contributed by atoms with Gasteiger partial charge in [-0.25, -0.2) is 4.98 Å². The van der Waals surface area contributed by atoms with Gasteiger partial charge in [-0.3, -0.25) is 9.48 Å². The third kappa shape index (κ3) is 3.96. The normalized spacial score (nSPS) is 19.1. The number of aryl methyl sites for hydroxylation is 2. The van der Waals surface area contributed by atoms with Gasteiger partial charge < -0.3 is 14.5 Å². The minimum absolute atomic E-state index is 0.0526. The number of hydrogen-bond donors (Lipinski definition) is 1. The number of ether oxygens (including phenoxy) is 1. The summed E-state index contributed by atoms with van der Waals surface area (Å²) in [6.07, 6.45) is 5.79. The van der Waals surface area contributed by atoms with Gasteiger partial charge in [-0.05, 0) is 51.8 Å². The summed E-state index contributed by atoms with van der Waals surface area (Å²) in [5.74, 6) is 0.246. The van der Waals surface area contributed by atoms with Crippen LogP contribution in [-0.4, -0.2) is 27.3 Å². The van der Waals surface area contributed by atoms with Crippen LogP contribution in [0, 0.1) is 19.8 Å². The van der Waals surface area contributed by atoms with Gasteiger partial charge in [0.15, 0.2) is 0 Å².